The molecule has 0 fully saturated rings. The molecule has 3 aromatic carbocycles. The lowest BCUT2D eigenvalue weighted by molar-refractivity contribution is 0.596. The summed E-state index contributed by atoms with van der Waals surface area (Å²) in [5, 5.41) is 3.51. The molecule has 6 nitrogen and oxygen atoms in total. The van der Waals surface area contributed by atoms with Crippen molar-refractivity contribution in [1.82, 2.24) is 10.0 Å². The molecule has 3 aromatic rings. The van der Waals surface area contributed by atoms with Crippen molar-refractivity contribution in [2.75, 3.05) is 24.2 Å². The number of para-hydroxylation sites is 1. The maximum Gasteiger partial charge on any atom is 0.264 e. The molecular weight excluding hydrogens is 486 g/mol. The van der Waals surface area contributed by atoms with Crippen LogP contribution in [0.15, 0.2) is 70.5 Å². The Morgan fingerprint density at radius 3 is 2.32 bits per heavy atom. The number of fused-ring (bicyclic) bond motifs is 2. The lowest BCUT2D eigenvalue weighted by Crippen LogP contribution is -2.32. The Morgan fingerprint density at radius 2 is 1.59 bits per heavy atom. The van der Waals surface area contributed by atoms with Gasteiger partial charge in [-0.15, -0.1) is 0 Å². The van der Waals surface area contributed by atoms with E-state index < -0.39 is 19.9 Å². The first-order valence-corrected chi connectivity index (χ1v) is 15.4. The molecule has 2 N–H and O–H groups in total. The van der Waals surface area contributed by atoms with E-state index in [0.717, 1.165) is 48.6 Å². The van der Waals surface area contributed by atoms with Gasteiger partial charge in [0.2, 0.25) is 0 Å². The molecule has 1 atom stereocenters. The molecule has 4 rings (SSSR count). The van der Waals surface area contributed by atoms with E-state index in [1.54, 1.807) is 6.26 Å². The Kier molecular flexibility index (Phi) is 7.79. The highest BCUT2D eigenvalue weighted by atomic mass is 33.1. The van der Waals surface area contributed by atoms with E-state index in [1.807, 2.05) is 60.7 Å². The topological polar surface area (TPSA) is 78.5 Å². The van der Waals surface area contributed by atoms with Crippen LogP contribution in [0.3, 0.4) is 0 Å². The Balaban J connectivity index is 1.49. The minimum absolute atomic E-state index is 0.262. The summed E-state index contributed by atoms with van der Waals surface area (Å²) in [6.45, 7) is 6.48. The van der Waals surface area contributed by atoms with Gasteiger partial charge in [-0.05, 0) is 71.4 Å². The largest absolute Gasteiger partial charge is 0.338 e. The first kappa shape index (κ1) is 24.9. The van der Waals surface area contributed by atoms with Gasteiger partial charge in [-0.1, -0.05) is 42.5 Å². The Bertz CT molecular complexity index is 1330. The van der Waals surface area contributed by atoms with Gasteiger partial charge in [-0.3, -0.25) is 0 Å². The Morgan fingerprint density at radius 1 is 0.912 bits per heavy atom. The minimum atomic E-state index is -3.33. The van der Waals surface area contributed by atoms with E-state index in [0.29, 0.717) is 19.6 Å². The molecule has 34 heavy (non-hydrogen) atoms. The van der Waals surface area contributed by atoms with Gasteiger partial charge in [-0.2, -0.15) is 0 Å². The van der Waals surface area contributed by atoms with Gasteiger partial charge in [0.1, 0.15) is 0 Å². The quantitative estimate of drug-likeness (QED) is 0.325. The molecule has 0 spiro atoms. The average Bonchev–Trinajstić information content (AvgIpc) is 2.85. The molecule has 0 bridgehead atoms. The number of hydrogen-bond acceptors (Lipinski definition) is 6. The second kappa shape index (κ2) is 10.6. The van der Waals surface area contributed by atoms with Crippen LogP contribution in [-0.2, 0) is 32.9 Å². The van der Waals surface area contributed by atoms with Crippen LogP contribution in [0.2, 0.25) is 0 Å². The maximum absolute atomic E-state index is 13.2. The summed E-state index contributed by atoms with van der Waals surface area (Å²) in [6, 6.07) is 19.7. The predicted molar refractivity (Wildman–Crippen MR) is 141 cm³/mol. The summed E-state index contributed by atoms with van der Waals surface area (Å²) in [5.41, 5.74) is 6.34. The summed E-state index contributed by atoms with van der Waals surface area (Å²) in [6.07, 6.45) is 1.55. The van der Waals surface area contributed by atoms with E-state index in [9.17, 15) is 12.6 Å². The third kappa shape index (κ3) is 5.23. The second-order valence-corrected chi connectivity index (χ2v) is 13.4. The zero-order valence-electron chi connectivity index (χ0n) is 19.5. The number of rotatable bonds is 9. The molecule has 0 amide bonds. The van der Waals surface area contributed by atoms with Gasteiger partial charge < -0.3 is 10.2 Å². The van der Waals surface area contributed by atoms with Crippen molar-refractivity contribution in [2.45, 2.75) is 36.7 Å². The monoisotopic (exact) mass is 515 g/mol. The molecule has 1 unspecified atom stereocenters. The van der Waals surface area contributed by atoms with Crippen molar-refractivity contribution in [3.05, 3.63) is 82.9 Å². The normalized spacial score (nSPS) is 15.1. The summed E-state index contributed by atoms with van der Waals surface area (Å²) in [7, 11) is -3.73. The number of benzene rings is 3. The summed E-state index contributed by atoms with van der Waals surface area (Å²) in [4.78, 5) is 3.96. The molecule has 180 valence electrons. The van der Waals surface area contributed by atoms with Crippen LogP contribution >= 0.6 is 10.8 Å². The maximum atomic E-state index is 13.2. The van der Waals surface area contributed by atoms with Gasteiger partial charge in [0, 0.05) is 26.2 Å². The van der Waals surface area contributed by atoms with Crippen LogP contribution in [0.1, 0.15) is 22.3 Å². The van der Waals surface area contributed by atoms with Crippen molar-refractivity contribution in [1.29, 1.82) is 0 Å². The van der Waals surface area contributed by atoms with Gasteiger partial charge in [0.15, 0.2) is 0 Å². The highest BCUT2D eigenvalue weighted by molar-refractivity contribution is 8.71. The fourth-order valence-corrected chi connectivity index (χ4v) is 6.53. The van der Waals surface area contributed by atoms with Crippen molar-refractivity contribution in [3.8, 4) is 0 Å². The second-order valence-electron chi connectivity index (χ2n) is 8.13. The lowest BCUT2D eigenvalue weighted by atomic mass is 10.1. The number of anilines is 2. The smallest absolute Gasteiger partial charge is 0.264 e. The van der Waals surface area contributed by atoms with Gasteiger partial charge in [-0.25, -0.2) is 17.3 Å². The SMILES string of the molecule is CSS(=O)(=O)NCc1ccccc1CNCCN1c2ccccc2S(=O)c2ccc(C)c(C)c21. The summed E-state index contributed by atoms with van der Waals surface area (Å²) in [5.74, 6) is 0. The molecule has 1 aliphatic heterocycles. The third-order valence-electron chi connectivity index (χ3n) is 6.10. The summed E-state index contributed by atoms with van der Waals surface area (Å²) >= 11 is 0. The molecule has 0 aliphatic carbocycles. The molecular formula is C25H29N3O3S3. The zero-order valence-corrected chi connectivity index (χ0v) is 21.9. The van der Waals surface area contributed by atoms with Crippen LogP contribution in [0.25, 0.3) is 0 Å². The fourth-order valence-electron chi connectivity index (χ4n) is 4.11. The van der Waals surface area contributed by atoms with Gasteiger partial charge >= 0.3 is 0 Å². The van der Waals surface area contributed by atoms with Gasteiger partial charge in [0.25, 0.3) is 9.06 Å². The highest BCUT2D eigenvalue weighted by Gasteiger charge is 2.29. The number of aryl methyl sites for hydroxylation is 1. The first-order chi connectivity index (χ1) is 16.3. The van der Waals surface area contributed by atoms with E-state index in [4.69, 9.17) is 0 Å². The Labute approximate surface area is 208 Å². The van der Waals surface area contributed by atoms with Crippen LogP contribution in [0.5, 0.6) is 0 Å². The Hall–Kier alpha value is -2.17. The van der Waals surface area contributed by atoms with E-state index in [2.05, 4.69) is 28.8 Å². The zero-order chi connectivity index (χ0) is 24.3. The molecule has 0 saturated carbocycles. The fraction of sp³-hybridized carbons (Fsp3) is 0.280. The lowest BCUT2D eigenvalue weighted by Gasteiger charge is -2.34. The summed E-state index contributed by atoms with van der Waals surface area (Å²) < 4.78 is 39.5. The van der Waals surface area contributed by atoms with Crippen LogP contribution in [0, 0.1) is 13.8 Å². The first-order valence-electron chi connectivity index (χ1n) is 11.0. The van der Waals surface area contributed by atoms with Crippen LogP contribution < -0.4 is 14.9 Å². The molecule has 0 radical (unpaired) electrons. The van der Waals surface area contributed by atoms with E-state index >= 15 is 0 Å². The highest BCUT2D eigenvalue weighted by Crippen LogP contribution is 2.44. The number of nitrogens with one attached hydrogen (secondary N) is 2. The third-order valence-corrected chi connectivity index (χ3v) is 10.2. The van der Waals surface area contributed by atoms with Gasteiger partial charge in [0.05, 0.1) is 32.0 Å². The molecule has 9 heteroatoms. The molecule has 0 saturated heterocycles. The van der Waals surface area contributed by atoms with Crippen molar-refractivity contribution < 1.29 is 12.6 Å². The molecule has 1 aliphatic rings. The average molecular weight is 516 g/mol. The number of nitrogens with zero attached hydrogens (tertiary/aromatic N) is 1. The van der Waals surface area contributed by atoms with Crippen LogP contribution in [0.4, 0.5) is 11.4 Å². The minimum Gasteiger partial charge on any atom is -0.338 e. The molecule has 0 aromatic heterocycles. The molecule has 1 heterocycles. The standard InChI is InChI=1S/C25H29N3O3S3/c1-18-12-13-24-25(19(18)2)28(22-10-6-7-11-23(22)33(24)29)15-14-26-16-20-8-4-5-9-21(20)17-27-34(30,31)32-3/h4-13,26-27H,14-17H2,1-3H3. The van der Waals surface area contributed by atoms with E-state index in [-0.39, 0.29) is 6.54 Å². The van der Waals surface area contributed by atoms with Crippen LogP contribution in [-0.4, -0.2) is 32.0 Å². The van der Waals surface area contributed by atoms with E-state index in [1.165, 1.54) is 5.56 Å². The van der Waals surface area contributed by atoms with Crippen molar-refractivity contribution in [3.63, 3.8) is 0 Å². The van der Waals surface area contributed by atoms with Crippen molar-refractivity contribution >= 4 is 42.0 Å². The number of hydrogen-bond donors (Lipinski definition) is 2. The van der Waals surface area contributed by atoms with Crippen molar-refractivity contribution in [2.24, 2.45) is 0 Å². The predicted octanol–water partition coefficient (Wildman–Crippen LogP) is 4.41.